The zero-order valence-electron chi connectivity index (χ0n) is 45.4. The van der Waals surface area contributed by atoms with Gasteiger partial charge in [-0.3, -0.25) is 9.59 Å². The number of carbonyl (C=O) groups excluding carboxylic acids is 2. The lowest BCUT2D eigenvalue weighted by atomic mass is 9.99. The minimum Gasteiger partial charge on any atom is -0.466 e. The molecule has 0 aromatic carbocycles. The van der Waals surface area contributed by atoms with E-state index in [0.717, 1.165) is 116 Å². The zero-order chi connectivity index (χ0) is 52.4. The van der Waals surface area contributed by atoms with Crippen LogP contribution in [0.5, 0.6) is 0 Å². The highest BCUT2D eigenvalue weighted by Gasteiger charge is 2.44. The van der Waals surface area contributed by atoms with Gasteiger partial charge < -0.3 is 45.1 Å². The van der Waals surface area contributed by atoms with Gasteiger partial charge in [-0.2, -0.15) is 0 Å². The number of aliphatic hydroxyl groups excluding tert-OH is 5. The molecule has 72 heavy (non-hydrogen) atoms. The van der Waals surface area contributed by atoms with E-state index in [-0.39, 0.29) is 18.5 Å². The fourth-order valence-electron chi connectivity index (χ4n) is 8.35. The van der Waals surface area contributed by atoms with Crippen LogP contribution in [-0.4, -0.2) is 100 Å². The molecule has 0 aliphatic carbocycles. The summed E-state index contributed by atoms with van der Waals surface area (Å²) in [4.78, 5) is 25.1. The molecular formula is C61H105NO10. The standard InChI is InChI=1S/C61H105NO10/c1-3-5-7-9-11-13-15-16-17-19-23-26-29-33-37-41-45-49-57(66)70-50-46-42-38-34-30-27-24-21-18-20-22-25-28-32-36-40-44-48-56(65)62-53(52-71-61-60(69)59(68)58(67)55(51-63)72-61)54(64)47-43-39-35-31-14-12-10-8-6-4-2/h6,8,11,13-14,16-18,21,27,30-31,43,47,53-55,58-61,63-64,67-69H,3-5,7,9-10,12,15,19-20,22-26,28-29,32-42,44-46,48-52H2,1-2H3,(H,62,65)/b8-6+,13-11-,17-16-,21-18-,30-27-,31-14+,47-43+. The lowest BCUT2D eigenvalue weighted by Gasteiger charge is -2.40. The van der Waals surface area contributed by atoms with E-state index in [1.54, 1.807) is 6.08 Å². The van der Waals surface area contributed by atoms with Crippen molar-refractivity contribution in [2.45, 2.75) is 269 Å². The Kier molecular flexibility index (Phi) is 46.4. The number of ether oxygens (including phenoxy) is 3. The normalized spacial score (nSPS) is 19.7. The smallest absolute Gasteiger partial charge is 0.305 e. The quantitative estimate of drug-likeness (QED) is 0.0195. The second-order valence-corrected chi connectivity index (χ2v) is 19.6. The third-order valence-corrected chi connectivity index (χ3v) is 12.9. The molecule has 1 saturated heterocycles. The molecule has 7 unspecified atom stereocenters. The maximum atomic E-state index is 13.0. The number of hydrogen-bond donors (Lipinski definition) is 6. The van der Waals surface area contributed by atoms with Crippen molar-refractivity contribution in [2.75, 3.05) is 19.8 Å². The monoisotopic (exact) mass is 1010 g/mol. The van der Waals surface area contributed by atoms with Gasteiger partial charge in [0, 0.05) is 12.8 Å². The number of carbonyl (C=O) groups is 2. The van der Waals surface area contributed by atoms with Crippen molar-refractivity contribution < 1.29 is 49.3 Å². The molecule has 11 heteroatoms. The molecule has 0 aromatic rings. The first-order valence-corrected chi connectivity index (χ1v) is 28.9. The van der Waals surface area contributed by atoms with Crippen molar-refractivity contribution in [3.05, 3.63) is 85.1 Å². The fraction of sp³-hybridized carbons (Fsp3) is 0.738. The van der Waals surface area contributed by atoms with Gasteiger partial charge in [0.25, 0.3) is 0 Å². The van der Waals surface area contributed by atoms with E-state index in [2.05, 4.69) is 92.1 Å². The van der Waals surface area contributed by atoms with Gasteiger partial charge in [0.2, 0.25) is 5.91 Å². The molecule has 1 heterocycles. The molecule has 11 nitrogen and oxygen atoms in total. The summed E-state index contributed by atoms with van der Waals surface area (Å²) in [5, 5.41) is 54.1. The number of aliphatic hydroxyl groups is 5. The highest BCUT2D eigenvalue weighted by Crippen LogP contribution is 2.23. The summed E-state index contributed by atoms with van der Waals surface area (Å²) in [5.41, 5.74) is 0. The summed E-state index contributed by atoms with van der Waals surface area (Å²) in [6.45, 7) is 4.09. The SMILES string of the molecule is CC/C=C/CC/C=C/CC/C=C/C(O)C(COC1OC(CO)C(O)C(O)C1O)NC(=O)CCCCCCCCC/C=C\C/C=C\CCCCCOC(=O)CCCCCCCCC/C=C\C/C=C\CCCCC. The molecule has 414 valence electrons. The largest absolute Gasteiger partial charge is 0.466 e. The Morgan fingerprint density at radius 1 is 0.528 bits per heavy atom. The summed E-state index contributed by atoms with van der Waals surface area (Å²) in [6.07, 6.45) is 56.9. The van der Waals surface area contributed by atoms with Crippen molar-refractivity contribution in [2.24, 2.45) is 0 Å². The van der Waals surface area contributed by atoms with Gasteiger partial charge in [-0.25, -0.2) is 0 Å². The van der Waals surface area contributed by atoms with Gasteiger partial charge in [0.15, 0.2) is 6.29 Å². The fourth-order valence-corrected chi connectivity index (χ4v) is 8.35. The van der Waals surface area contributed by atoms with Crippen LogP contribution < -0.4 is 5.32 Å². The summed E-state index contributed by atoms with van der Waals surface area (Å²) in [6, 6.07) is -0.848. The van der Waals surface area contributed by atoms with Crippen LogP contribution in [0.3, 0.4) is 0 Å². The second-order valence-electron chi connectivity index (χ2n) is 19.6. The van der Waals surface area contributed by atoms with Gasteiger partial charge in [-0.05, 0) is 122 Å². The lowest BCUT2D eigenvalue weighted by molar-refractivity contribution is -0.302. The van der Waals surface area contributed by atoms with E-state index in [0.29, 0.717) is 25.9 Å². The number of rotatable bonds is 48. The third kappa shape index (κ3) is 39.3. The Hall–Kier alpha value is -3.16. The van der Waals surface area contributed by atoms with E-state index in [4.69, 9.17) is 14.2 Å². The second kappa shape index (κ2) is 50.0. The van der Waals surface area contributed by atoms with Gasteiger partial charge >= 0.3 is 5.97 Å². The molecule has 1 rings (SSSR count). The summed E-state index contributed by atoms with van der Waals surface area (Å²) >= 11 is 0. The lowest BCUT2D eigenvalue weighted by Crippen LogP contribution is -2.60. The van der Waals surface area contributed by atoms with Gasteiger partial charge in [0.1, 0.15) is 24.4 Å². The summed E-state index contributed by atoms with van der Waals surface area (Å²) in [5.74, 6) is -0.261. The molecule has 1 aliphatic rings. The van der Waals surface area contributed by atoms with Crippen LogP contribution in [0.4, 0.5) is 0 Å². The van der Waals surface area contributed by atoms with Gasteiger partial charge in [0.05, 0.1) is 32.0 Å². The number of allylic oxidation sites excluding steroid dienone is 13. The summed E-state index contributed by atoms with van der Waals surface area (Å²) in [7, 11) is 0. The minimum absolute atomic E-state index is 0.0429. The zero-order valence-corrected chi connectivity index (χ0v) is 45.4. The first kappa shape index (κ1) is 66.9. The number of amides is 1. The van der Waals surface area contributed by atoms with Crippen molar-refractivity contribution in [1.82, 2.24) is 5.32 Å². The predicted octanol–water partition coefficient (Wildman–Crippen LogP) is 13.0. The van der Waals surface area contributed by atoms with E-state index >= 15 is 0 Å². The molecule has 0 spiro atoms. The first-order valence-electron chi connectivity index (χ1n) is 28.9. The van der Waals surface area contributed by atoms with Crippen LogP contribution >= 0.6 is 0 Å². The Bertz CT molecular complexity index is 1470. The topological polar surface area (TPSA) is 175 Å². The first-order chi connectivity index (χ1) is 35.2. The van der Waals surface area contributed by atoms with E-state index in [9.17, 15) is 35.1 Å². The molecular weight excluding hydrogens is 907 g/mol. The van der Waals surface area contributed by atoms with Crippen LogP contribution in [-0.2, 0) is 23.8 Å². The Balaban J connectivity index is 2.10. The molecule has 1 amide bonds. The maximum absolute atomic E-state index is 13.0. The minimum atomic E-state index is -1.59. The molecule has 1 fully saturated rings. The maximum Gasteiger partial charge on any atom is 0.305 e. The number of unbranched alkanes of at least 4 members (excludes halogenated alkanes) is 22. The Morgan fingerprint density at radius 2 is 0.986 bits per heavy atom. The average molecular weight is 1010 g/mol. The van der Waals surface area contributed by atoms with Crippen LogP contribution in [0.15, 0.2) is 85.1 Å². The van der Waals surface area contributed by atoms with Gasteiger partial charge in [-0.1, -0.05) is 176 Å². The third-order valence-electron chi connectivity index (χ3n) is 12.9. The number of esters is 1. The van der Waals surface area contributed by atoms with Crippen molar-refractivity contribution in [3.8, 4) is 0 Å². The highest BCUT2D eigenvalue weighted by atomic mass is 16.7. The van der Waals surface area contributed by atoms with Crippen LogP contribution in [0.2, 0.25) is 0 Å². The van der Waals surface area contributed by atoms with E-state index in [1.165, 1.54) is 77.0 Å². The highest BCUT2D eigenvalue weighted by molar-refractivity contribution is 5.76. The number of nitrogens with one attached hydrogen (secondary N) is 1. The molecule has 6 N–H and O–H groups in total. The van der Waals surface area contributed by atoms with Crippen molar-refractivity contribution in [3.63, 3.8) is 0 Å². The molecule has 0 aromatic heterocycles. The van der Waals surface area contributed by atoms with Crippen molar-refractivity contribution >= 4 is 11.9 Å². The van der Waals surface area contributed by atoms with Crippen LogP contribution in [0.1, 0.15) is 226 Å². The number of hydrogen-bond acceptors (Lipinski definition) is 10. The molecule has 0 saturated carbocycles. The van der Waals surface area contributed by atoms with Crippen LogP contribution in [0, 0.1) is 0 Å². The molecule has 0 bridgehead atoms. The Morgan fingerprint density at radius 3 is 1.51 bits per heavy atom. The van der Waals surface area contributed by atoms with Crippen LogP contribution in [0.25, 0.3) is 0 Å². The van der Waals surface area contributed by atoms with E-state index in [1.807, 2.05) is 6.08 Å². The predicted molar refractivity (Wildman–Crippen MR) is 296 cm³/mol. The Labute approximate surface area is 438 Å². The molecule has 7 atom stereocenters. The van der Waals surface area contributed by atoms with E-state index < -0.39 is 49.5 Å². The summed E-state index contributed by atoms with van der Waals surface area (Å²) < 4.78 is 16.6. The average Bonchev–Trinajstić information content (AvgIpc) is 3.38. The van der Waals surface area contributed by atoms with Gasteiger partial charge in [-0.15, -0.1) is 0 Å². The molecule has 1 aliphatic heterocycles. The van der Waals surface area contributed by atoms with Crippen molar-refractivity contribution in [1.29, 1.82) is 0 Å². The molecule has 0 radical (unpaired) electrons.